The van der Waals surface area contributed by atoms with E-state index in [4.69, 9.17) is 5.11 Å². The number of halogens is 2. The zero-order chi connectivity index (χ0) is 11.6. The van der Waals surface area contributed by atoms with Crippen LogP contribution < -0.4 is 5.32 Å². The first-order valence-corrected chi connectivity index (χ1v) is 5.44. The predicted octanol–water partition coefficient (Wildman–Crippen LogP) is 2.18. The fraction of sp³-hybridized carbons (Fsp3) is 0.500. The molecule has 0 aliphatic carbocycles. The third-order valence-corrected chi connectivity index (χ3v) is 3.04. The van der Waals surface area contributed by atoms with Gasteiger partial charge in [-0.3, -0.25) is 0 Å². The van der Waals surface area contributed by atoms with Gasteiger partial charge >= 0.3 is 0 Å². The third-order valence-electron chi connectivity index (χ3n) is 3.04. The zero-order valence-corrected chi connectivity index (χ0v) is 8.92. The fourth-order valence-corrected chi connectivity index (χ4v) is 2.02. The van der Waals surface area contributed by atoms with E-state index in [0.717, 1.165) is 5.56 Å². The summed E-state index contributed by atoms with van der Waals surface area (Å²) in [6.07, 6.45) is 0.260. The first-order chi connectivity index (χ1) is 7.58. The van der Waals surface area contributed by atoms with Gasteiger partial charge < -0.3 is 10.4 Å². The predicted molar refractivity (Wildman–Crippen MR) is 57.7 cm³/mol. The molecule has 1 aliphatic rings. The number of piperidine rings is 1. The van der Waals surface area contributed by atoms with Crippen molar-refractivity contribution in [2.45, 2.75) is 18.8 Å². The molecule has 2 rings (SSSR count). The smallest absolute Gasteiger partial charge is 0.253 e. The van der Waals surface area contributed by atoms with Crippen LogP contribution in [0.2, 0.25) is 0 Å². The number of aromatic hydroxyl groups is 1. The maximum Gasteiger partial charge on any atom is 0.253 e. The minimum atomic E-state index is -2.58. The maximum atomic E-state index is 13.5. The van der Waals surface area contributed by atoms with Gasteiger partial charge in [-0.1, -0.05) is 12.1 Å². The summed E-state index contributed by atoms with van der Waals surface area (Å²) in [6, 6.07) is 6.45. The Bertz CT molecular complexity index is 351. The molecule has 1 unspecified atom stereocenters. The van der Waals surface area contributed by atoms with Gasteiger partial charge in [0.2, 0.25) is 0 Å². The Morgan fingerprint density at radius 3 is 2.62 bits per heavy atom. The first kappa shape index (κ1) is 11.3. The van der Waals surface area contributed by atoms with Crippen molar-refractivity contribution in [3.63, 3.8) is 0 Å². The Morgan fingerprint density at radius 2 is 2.00 bits per heavy atom. The first-order valence-electron chi connectivity index (χ1n) is 5.44. The SMILES string of the molecule is Oc1ccc(CC2CNCCC2(F)F)cc1. The van der Waals surface area contributed by atoms with Crippen molar-refractivity contribution in [1.29, 1.82) is 0 Å². The van der Waals surface area contributed by atoms with Crippen molar-refractivity contribution < 1.29 is 13.9 Å². The molecule has 88 valence electrons. The molecule has 0 radical (unpaired) electrons. The van der Waals surface area contributed by atoms with Crippen LogP contribution in [0.4, 0.5) is 8.78 Å². The van der Waals surface area contributed by atoms with E-state index in [-0.39, 0.29) is 12.2 Å². The summed E-state index contributed by atoms with van der Waals surface area (Å²) >= 11 is 0. The molecule has 1 saturated heterocycles. The lowest BCUT2D eigenvalue weighted by Gasteiger charge is -2.32. The molecule has 0 amide bonds. The Balaban J connectivity index is 2.05. The molecular formula is C12H15F2NO. The largest absolute Gasteiger partial charge is 0.508 e. The number of alkyl halides is 2. The molecule has 0 aromatic heterocycles. The lowest BCUT2D eigenvalue weighted by atomic mass is 9.89. The lowest BCUT2D eigenvalue weighted by Crippen LogP contribution is -2.45. The van der Waals surface area contributed by atoms with Crippen molar-refractivity contribution >= 4 is 0 Å². The van der Waals surface area contributed by atoms with E-state index in [1.807, 2.05) is 0 Å². The monoisotopic (exact) mass is 227 g/mol. The van der Waals surface area contributed by atoms with Crippen molar-refractivity contribution in [1.82, 2.24) is 5.32 Å². The topological polar surface area (TPSA) is 32.3 Å². The third kappa shape index (κ3) is 2.50. The Hall–Kier alpha value is -1.16. The molecule has 1 heterocycles. The molecule has 1 aromatic rings. The molecule has 4 heteroatoms. The molecule has 16 heavy (non-hydrogen) atoms. The van der Waals surface area contributed by atoms with E-state index in [2.05, 4.69) is 5.32 Å². The van der Waals surface area contributed by atoms with E-state index in [1.165, 1.54) is 12.1 Å². The lowest BCUT2D eigenvalue weighted by molar-refractivity contribution is -0.0776. The van der Waals surface area contributed by atoms with Crippen molar-refractivity contribution in [3.05, 3.63) is 29.8 Å². The quantitative estimate of drug-likeness (QED) is 0.811. The second-order valence-corrected chi connectivity index (χ2v) is 4.28. The molecule has 1 aliphatic heterocycles. The van der Waals surface area contributed by atoms with Gasteiger partial charge in [-0.05, 0) is 24.1 Å². The molecule has 0 saturated carbocycles. The number of benzene rings is 1. The van der Waals surface area contributed by atoms with E-state index >= 15 is 0 Å². The van der Waals surface area contributed by atoms with Crippen LogP contribution in [-0.2, 0) is 6.42 Å². The van der Waals surface area contributed by atoms with Crippen molar-refractivity contribution in [2.75, 3.05) is 13.1 Å². The standard InChI is InChI=1S/C12H15F2NO/c13-12(14)5-6-15-8-10(12)7-9-1-3-11(16)4-2-9/h1-4,10,15-16H,5-8H2. The van der Waals surface area contributed by atoms with Crippen LogP contribution in [-0.4, -0.2) is 24.1 Å². The van der Waals surface area contributed by atoms with E-state index in [9.17, 15) is 8.78 Å². The number of hydrogen-bond acceptors (Lipinski definition) is 2. The summed E-state index contributed by atoms with van der Waals surface area (Å²) in [5.41, 5.74) is 0.839. The molecular weight excluding hydrogens is 212 g/mol. The van der Waals surface area contributed by atoms with Crippen LogP contribution in [0.3, 0.4) is 0 Å². The van der Waals surface area contributed by atoms with Gasteiger partial charge in [0.1, 0.15) is 5.75 Å². The summed E-state index contributed by atoms with van der Waals surface area (Å²) in [7, 11) is 0. The minimum Gasteiger partial charge on any atom is -0.508 e. The highest BCUT2D eigenvalue weighted by molar-refractivity contribution is 5.26. The number of phenols is 1. The minimum absolute atomic E-state index is 0.0875. The van der Waals surface area contributed by atoms with Crippen LogP contribution in [0, 0.1) is 5.92 Å². The van der Waals surface area contributed by atoms with Crippen LogP contribution >= 0.6 is 0 Å². The summed E-state index contributed by atoms with van der Waals surface area (Å²) in [5, 5.41) is 12.1. The Labute approximate surface area is 93.3 Å². The average Bonchev–Trinajstić information content (AvgIpc) is 2.24. The van der Waals surface area contributed by atoms with E-state index in [1.54, 1.807) is 12.1 Å². The number of rotatable bonds is 2. The highest BCUT2D eigenvalue weighted by atomic mass is 19.3. The average molecular weight is 227 g/mol. The van der Waals surface area contributed by atoms with Crippen LogP contribution in [0.25, 0.3) is 0 Å². The van der Waals surface area contributed by atoms with Crippen molar-refractivity contribution in [2.24, 2.45) is 5.92 Å². The summed E-state index contributed by atoms with van der Waals surface area (Å²) in [6.45, 7) is 0.743. The zero-order valence-electron chi connectivity index (χ0n) is 8.92. The second kappa shape index (κ2) is 4.37. The molecule has 0 bridgehead atoms. The highest BCUT2D eigenvalue weighted by Gasteiger charge is 2.41. The van der Waals surface area contributed by atoms with Crippen LogP contribution in [0.15, 0.2) is 24.3 Å². The molecule has 1 fully saturated rings. The molecule has 2 N–H and O–H groups in total. The number of phenolic OH excluding ortho intramolecular Hbond substituents is 1. The molecule has 1 aromatic carbocycles. The molecule has 2 nitrogen and oxygen atoms in total. The van der Waals surface area contributed by atoms with E-state index < -0.39 is 11.8 Å². The molecule has 0 spiro atoms. The van der Waals surface area contributed by atoms with Gasteiger partial charge in [-0.15, -0.1) is 0 Å². The van der Waals surface area contributed by atoms with Crippen LogP contribution in [0.5, 0.6) is 5.75 Å². The van der Waals surface area contributed by atoms with Gasteiger partial charge in [0.25, 0.3) is 5.92 Å². The number of nitrogens with one attached hydrogen (secondary N) is 1. The van der Waals surface area contributed by atoms with Gasteiger partial charge in [-0.2, -0.15) is 0 Å². The summed E-state index contributed by atoms with van der Waals surface area (Å²) < 4.78 is 27.1. The molecule has 1 atom stereocenters. The summed E-state index contributed by atoms with van der Waals surface area (Å²) in [4.78, 5) is 0. The Kier molecular flexibility index (Phi) is 3.10. The van der Waals surface area contributed by atoms with E-state index in [0.29, 0.717) is 19.5 Å². The Morgan fingerprint density at radius 1 is 1.31 bits per heavy atom. The van der Waals surface area contributed by atoms with Gasteiger partial charge in [0, 0.05) is 25.4 Å². The summed E-state index contributed by atoms with van der Waals surface area (Å²) in [5.74, 6) is -3.06. The van der Waals surface area contributed by atoms with Crippen molar-refractivity contribution in [3.8, 4) is 5.75 Å². The van der Waals surface area contributed by atoms with Gasteiger partial charge in [0.05, 0.1) is 0 Å². The normalized spacial score (nSPS) is 24.2. The fourth-order valence-electron chi connectivity index (χ4n) is 2.02. The number of hydrogen-bond donors (Lipinski definition) is 2. The van der Waals surface area contributed by atoms with Gasteiger partial charge in [0.15, 0.2) is 0 Å². The second-order valence-electron chi connectivity index (χ2n) is 4.28. The van der Waals surface area contributed by atoms with Crippen LogP contribution in [0.1, 0.15) is 12.0 Å². The van der Waals surface area contributed by atoms with Gasteiger partial charge in [-0.25, -0.2) is 8.78 Å². The maximum absolute atomic E-state index is 13.5. The highest BCUT2D eigenvalue weighted by Crippen LogP contribution is 2.32.